The second-order valence-corrected chi connectivity index (χ2v) is 6.66. The Bertz CT molecular complexity index is 1150. The van der Waals surface area contributed by atoms with Crippen LogP contribution in [0.4, 0.5) is 0 Å². The quantitative estimate of drug-likeness (QED) is 0.521. The molecule has 4 aromatic rings. The second kappa shape index (κ2) is 7.74. The van der Waals surface area contributed by atoms with Gasteiger partial charge < -0.3 is 9.73 Å². The lowest BCUT2D eigenvalue weighted by molar-refractivity contribution is 0.525. The molecule has 4 rings (SSSR count). The maximum Gasteiger partial charge on any atom is 0.336 e. The van der Waals surface area contributed by atoms with E-state index in [9.17, 15) is 4.79 Å². The van der Waals surface area contributed by atoms with Gasteiger partial charge in [-0.3, -0.25) is 0 Å². The van der Waals surface area contributed by atoms with Crippen LogP contribution in [-0.4, -0.2) is 20.2 Å². The molecule has 0 bridgehead atoms. The molecule has 0 aliphatic heterocycles. The van der Waals surface area contributed by atoms with E-state index in [0.29, 0.717) is 18.0 Å². The molecule has 0 saturated carbocycles. The van der Waals surface area contributed by atoms with E-state index in [-0.39, 0.29) is 11.7 Å². The topological polar surface area (TPSA) is 85.8 Å². The van der Waals surface area contributed by atoms with E-state index < -0.39 is 0 Å². The summed E-state index contributed by atoms with van der Waals surface area (Å²) in [6.45, 7) is 4.56. The fourth-order valence-corrected chi connectivity index (χ4v) is 3.21. The van der Waals surface area contributed by atoms with Crippen molar-refractivity contribution in [2.24, 2.45) is 0 Å². The number of nitrogens with one attached hydrogen (secondary N) is 1. The van der Waals surface area contributed by atoms with Crippen LogP contribution >= 0.6 is 0 Å². The summed E-state index contributed by atoms with van der Waals surface area (Å²) in [5.74, 6) is 0.701. The number of aryl methyl sites for hydroxylation is 1. The summed E-state index contributed by atoms with van der Waals surface area (Å²) in [7, 11) is 0. The van der Waals surface area contributed by atoms with Crippen molar-refractivity contribution in [3.8, 4) is 5.69 Å². The van der Waals surface area contributed by atoms with E-state index in [2.05, 4.69) is 33.8 Å². The molecule has 2 heterocycles. The Labute approximate surface area is 162 Å². The Kier molecular flexibility index (Phi) is 4.99. The monoisotopic (exact) mass is 375 g/mol. The number of benzene rings is 2. The van der Waals surface area contributed by atoms with E-state index in [1.165, 1.54) is 6.07 Å². The molecule has 28 heavy (non-hydrogen) atoms. The van der Waals surface area contributed by atoms with Gasteiger partial charge in [-0.05, 0) is 53.1 Å². The third-order valence-corrected chi connectivity index (χ3v) is 4.78. The Morgan fingerprint density at radius 3 is 2.75 bits per heavy atom. The predicted octanol–water partition coefficient (Wildman–Crippen LogP) is 3.18. The highest BCUT2D eigenvalue weighted by molar-refractivity contribution is 5.80. The third-order valence-electron chi connectivity index (χ3n) is 4.78. The summed E-state index contributed by atoms with van der Waals surface area (Å²) in [6.07, 6.45) is 0.890. The molecule has 1 atom stereocenters. The smallest absolute Gasteiger partial charge is 0.336 e. The predicted molar refractivity (Wildman–Crippen MR) is 106 cm³/mol. The first kappa shape index (κ1) is 18.1. The van der Waals surface area contributed by atoms with Crippen LogP contribution in [-0.2, 0) is 13.0 Å². The number of rotatable bonds is 6. The van der Waals surface area contributed by atoms with Gasteiger partial charge in [0, 0.05) is 18.0 Å². The Morgan fingerprint density at radius 2 is 1.96 bits per heavy atom. The third kappa shape index (κ3) is 3.57. The molecular weight excluding hydrogens is 354 g/mol. The zero-order valence-electron chi connectivity index (χ0n) is 15.8. The minimum atomic E-state index is -0.348. The van der Waals surface area contributed by atoms with Gasteiger partial charge in [-0.2, -0.15) is 4.68 Å². The van der Waals surface area contributed by atoms with Crippen LogP contribution in [0.5, 0.6) is 0 Å². The molecule has 0 fully saturated rings. The maximum atomic E-state index is 12.0. The molecule has 7 nitrogen and oxygen atoms in total. The lowest BCUT2D eigenvalue weighted by atomic mass is 10.1. The van der Waals surface area contributed by atoms with E-state index in [4.69, 9.17) is 4.42 Å². The first-order chi connectivity index (χ1) is 13.7. The van der Waals surface area contributed by atoms with Crippen LogP contribution in [0.25, 0.3) is 16.7 Å². The molecule has 1 N–H and O–H groups in total. The van der Waals surface area contributed by atoms with E-state index in [1.54, 1.807) is 4.68 Å². The van der Waals surface area contributed by atoms with Gasteiger partial charge in [-0.1, -0.05) is 37.3 Å². The first-order valence-corrected chi connectivity index (χ1v) is 9.28. The van der Waals surface area contributed by atoms with Crippen molar-refractivity contribution in [1.29, 1.82) is 0 Å². The Morgan fingerprint density at radius 1 is 1.14 bits per heavy atom. The summed E-state index contributed by atoms with van der Waals surface area (Å²) in [5, 5.41) is 16.4. The molecular formula is C21H21N5O2. The minimum absolute atomic E-state index is 0.118. The van der Waals surface area contributed by atoms with Crippen molar-refractivity contribution in [3.63, 3.8) is 0 Å². The molecule has 0 saturated heterocycles. The number of aromatic nitrogens is 4. The summed E-state index contributed by atoms with van der Waals surface area (Å²) < 4.78 is 7.09. The zero-order valence-corrected chi connectivity index (χ0v) is 15.8. The number of tetrazole rings is 1. The van der Waals surface area contributed by atoms with E-state index >= 15 is 0 Å². The molecule has 0 radical (unpaired) electrons. The molecule has 2 aromatic heterocycles. The summed E-state index contributed by atoms with van der Waals surface area (Å²) >= 11 is 0. The van der Waals surface area contributed by atoms with Crippen LogP contribution in [0.1, 0.15) is 36.8 Å². The van der Waals surface area contributed by atoms with Crippen molar-refractivity contribution in [2.45, 2.75) is 32.9 Å². The van der Waals surface area contributed by atoms with Crippen LogP contribution in [0, 0.1) is 0 Å². The highest BCUT2D eigenvalue weighted by Gasteiger charge is 2.16. The summed E-state index contributed by atoms with van der Waals surface area (Å²) in [4.78, 5) is 12.0. The summed E-state index contributed by atoms with van der Waals surface area (Å²) in [5.41, 5.74) is 3.19. The number of hydrogen-bond acceptors (Lipinski definition) is 6. The Balaban J connectivity index is 1.59. The van der Waals surface area contributed by atoms with Crippen LogP contribution < -0.4 is 10.9 Å². The second-order valence-electron chi connectivity index (χ2n) is 6.66. The van der Waals surface area contributed by atoms with Crippen molar-refractivity contribution in [1.82, 2.24) is 25.5 Å². The number of nitrogens with zero attached hydrogens (tertiary/aromatic N) is 4. The zero-order chi connectivity index (χ0) is 19.5. The highest BCUT2D eigenvalue weighted by atomic mass is 16.4. The van der Waals surface area contributed by atoms with Gasteiger partial charge >= 0.3 is 5.63 Å². The van der Waals surface area contributed by atoms with Gasteiger partial charge in [-0.15, -0.1) is 5.10 Å². The van der Waals surface area contributed by atoms with E-state index in [1.807, 2.05) is 49.4 Å². The van der Waals surface area contributed by atoms with Gasteiger partial charge in [0.05, 0.1) is 11.7 Å². The van der Waals surface area contributed by atoms with Crippen LogP contribution in [0.3, 0.4) is 0 Å². The number of hydrogen-bond donors (Lipinski definition) is 1. The molecule has 0 amide bonds. The van der Waals surface area contributed by atoms with Gasteiger partial charge in [0.15, 0.2) is 5.82 Å². The molecule has 142 valence electrons. The lowest BCUT2D eigenvalue weighted by Gasteiger charge is -2.14. The number of para-hydroxylation sites is 1. The normalized spacial score (nSPS) is 12.4. The van der Waals surface area contributed by atoms with Gasteiger partial charge in [0.1, 0.15) is 5.58 Å². The van der Waals surface area contributed by atoms with Gasteiger partial charge in [-0.25, -0.2) is 4.79 Å². The fourth-order valence-electron chi connectivity index (χ4n) is 3.21. The SMILES string of the molecule is CCc1ccc2c(CNC(C)c3nnnn3-c3ccccc3)cc(=O)oc2c1. The van der Waals surface area contributed by atoms with Gasteiger partial charge in [0.2, 0.25) is 0 Å². The average molecular weight is 375 g/mol. The number of fused-ring (bicyclic) bond motifs is 1. The van der Waals surface area contributed by atoms with Crippen molar-refractivity contribution in [3.05, 3.63) is 82.0 Å². The van der Waals surface area contributed by atoms with Crippen LogP contribution in [0.2, 0.25) is 0 Å². The maximum absolute atomic E-state index is 12.0. The standard InChI is InChI=1S/C21H21N5O2/c1-3-15-9-10-18-16(12-20(27)28-19(18)11-15)13-22-14(2)21-23-24-25-26(21)17-7-5-4-6-8-17/h4-12,14,22H,3,13H2,1-2H3. The van der Waals surface area contributed by atoms with Gasteiger partial charge in [0.25, 0.3) is 0 Å². The molecule has 0 spiro atoms. The molecule has 2 aromatic carbocycles. The van der Waals surface area contributed by atoms with Crippen molar-refractivity contribution in [2.75, 3.05) is 0 Å². The average Bonchev–Trinajstić information content (AvgIpc) is 3.21. The largest absolute Gasteiger partial charge is 0.423 e. The highest BCUT2D eigenvalue weighted by Crippen LogP contribution is 2.20. The van der Waals surface area contributed by atoms with Crippen LogP contribution in [0.15, 0.2) is 63.8 Å². The van der Waals surface area contributed by atoms with E-state index in [0.717, 1.165) is 28.6 Å². The van der Waals surface area contributed by atoms with Crippen molar-refractivity contribution >= 4 is 11.0 Å². The molecule has 1 unspecified atom stereocenters. The summed E-state index contributed by atoms with van der Waals surface area (Å²) in [6, 6.07) is 17.2. The molecule has 7 heteroatoms. The minimum Gasteiger partial charge on any atom is -0.423 e. The first-order valence-electron chi connectivity index (χ1n) is 9.28. The Hall–Kier alpha value is -3.32. The molecule has 0 aliphatic carbocycles. The lowest BCUT2D eigenvalue weighted by Crippen LogP contribution is -2.22. The van der Waals surface area contributed by atoms with Crippen molar-refractivity contribution < 1.29 is 4.42 Å². The molecule has 0 aliphatic rings. The fraction of sp³-hybridized carbons (Fsp3) is 0.238.